The minimum absolute atomic E-state index is 0.0145. The standard InChI is InChI=1S/C25H31BrClF3N4O2/c1-5-20-10-22(11-21(6-2)34(20)24(35)36-15(3)4)33(23-31-12-18(26)13-32-23)14-16-7-17(25(28,29)30)9-19(27)8-16/h7-9,12-13,15,20-22H,5-6,10-11,14H2,1-4H3. The number of hydrogen-bond donors (Lipinski definition) is 0. The zero-order valence-electron chi connectivity index (χ0n) is 20.7. The van der Waals surface area contributed by atoms with Crippen molar-refractivity contribution in [2.24, 2.45) is 0 Å². The maximum absolute atomic E-state index is 13.5. The second kappa shape index (κ2) is 12.0. The van der Waals surface area contributed by atoms with Gasteiger partial charge in [-0.3, -0.25) is 0 Å². The summed E-state index contributed by atoms with van der Waals surface area (Å²) in [4.78, 5) is 25.6. The number of nitrogens with zero attached hydrogens (tertiary/aromatic N) is 4. The second-order valence-corrected chi connectivity index (χ2v) is 10.6. The number of hydrogen-bond acceptors (Lipinski definition) is 5. The summed E-state index contributed by atoms with van der Waals surface area (Å²) in [6, 6.07) is 3.27. The van der Waals surface area contributed by atoms with Crippen molar-refractivity contribution < 1.29 is 22.7 Å². The second-order valence-electron chi connectivity index (χ2n) is 9.26. The Hall–Kier alpha value is -2.07. The van der Waals surface area contributed by atoms with E-state index in [9.17, 15) is 18.0 Å². The fourth-order valence-corrected chi connectivity index (χ4v) is 5.17. The number of carbonyl (C=O) groups is 1. The maximum Gasteiger partial charge on any atom is 0.416 e. The van der Waals surface area contributed by atoms with E-state index in [0.29, 0.717) is 41.7 Å². The summed E-state index contributed by atoms with van der Waals surface area (Å²) in [6.45, 7) is 7.81. The molecule has 3 rings (SSSR count). The van der Waals surface area contributed by atoms with Gasteiger partial charge in [0.1, 0.15) is 0 Å². The highest BCUT2D eigenvalue weighted by Crippen LogP contribution is 2.35. The van der Waals surface area contributed by atoms with Crippen LogP contribution in [0.25, 0.3) is 0 Å². The normalized spacial score (nSPS) is 20.5. The highest BCUT2D eigenvalue weighted by atomic mass is 79.9. The van der Waals surface area contributed by atoms with Crippen LogP contribution in [0.1, 0.15) is 64.5 Å². The van der Waals surface area contributed by atoms with Crippen molar-refractivity contribution >= 4 is 39.6 Å². The first-order valence-electron chi connectivity index (χ1n) is 12.0. The number of amides is 1. The van der Waals surface area contributed by atoms with Crippen molar-refractivity contribution in [1.29, 1.82) is 0 Å². The molecule has 0 bridgehead atoms. The average molecular weight is 592 g/mol. The molecular formula is C25H31BrClF3N4O2. The number of benzene rings is 1. The highest BCUT2D eigenvalue weighted by molar-refractivity contribution is 9.10. The predicted molar refractivity (Wildman–Crippen MR) is 137 cm³/mol. The van der Waals surface area contributed by atoms with Crippen LogP contribution in [0.3, 0.4) is 0 Å². The highest BCUT2D eigenvalue weighted by Gasteiger charge is 2.41. The number of ether oxygens (including phenoxy) is 1. The van der Waals surface area contributed by atoms with Gasteiger partial charge in [0.2, 0.25) is 5.95 Å². The monoisotopic (exact) mass is 590 g/mol. The van der Waals surface area contributed by atoms with Crippen LogP contribution in [0.5, 0.6) is 0 Å². The number of likely N-dealkylation sites (tertiary alicyclic amines) is 1. The SMILES string of the molecule is CCC1CC(N(Cc2cc(Cl)cc(C(F)(F)F)c2)c2ncc(Br)cn2)CC(CC)N1C(=O)OC(C)C. The Morgan fingerprint density at radius 2 is 1.75 bits per heavy atom. The Bertz CT molecular complexity index is 1020. The van der Waals surface area contributed by atoms with E-state index >= 15 is 0 Å². The third-order valence-corrected chi connectivity index (χ3v) is 6.93. The lowest BCUT2D eigenvalue weighted by molar-refractivity contribution is -0.137. The number of alkyl halides is 3. The largest absolute Gasteiger partial charge is 0.447 e. The molecule has 1 aromatic carbocycles. The van der Waals surface area contributed by atoms with E-state index in [0.717, 1.165) is 12.1 Å². The van der Waals surface area contributed by atoms with Crippen molar-refractivity contribution in [1.82, 2.24) is 14.9 Å². The molecule has 0 aliphatic carbocycles. The molecule has 2 aromatic rings. The topological polar surface area (TPSA) is 58.6 Å². The smallest absolute Gasteiger partial charge is 0.416 e. The van der Waals surface area contributed by atoms with Gasteiger partial charge in [-0.2, -0.15) is 13.2 Å². The summed E-state index contributed by atoms with van der Waals surface area (Å²) in [5, 5.41) is 0.0145. The van der Waals surface area contributed by atoms with Crippen LogP contribution in [0.15, 0.2) is 35.1 Å². The van der Waals surface area contributed by atoms with Gasteiger partial charge in [-0.15, -0.1) is 0 Å². The number of piperidine rings is 1. The molecule has 0 N–H and O–H groups in total. The molecule has 0 radical (unpaired) electrons. The van der Waals surface area contributed by atoms with Gasteiger partial charge < -0.3 is 14.5 Å². The van der Waals surface area contributed by atoms with Crippen molar-refractivity contribution in [3.05, 3.63) is 51.2 Å². The molecule has 2 unspecified atom stereocenters. The number of halogens is 5. The summed E-state index contributed by atoms with van der Waals surface area (Å²) in [7, 11) is 0. The first-order chi connectivity index (χ1) is 16.9. The summed E-state index contributed by atoms with van der Waals surface area (Å²) in [5.41, 5.74) is -0.394. The Morgan fingerprint density at radius 1 is 1.17 bits per heavy atom. The van der Waals surface area contributed by atoms with Gasteiger partial charge in [0.15, 0.2) is 0 Å². The molecule has 6 nitrogen and oxygen atoms in total. The van der Waals surface area contributed by atoms with Crippen LogP contribution in [0.4, 0.5) is 23.9 Å². The summed E-state index contributed by atoms with van der Waals surface area (Å²) < 4.78 is 46.6. The van der Waals surface area contributed by atoms with Gasteiger partial charge in [-0.05, 0) is 79.2 Å². The van der Waals surface area contributed by atoms with Gasteiger partial charge >= 0.3 is 12.3 Å². The molecule has 198 valence electrons. The van der Waals surface area contributed by atoms with Crippen molar-refractivity contribution in [3.63, 3.8) is 0 Å². The van der Waals surface area contributed by atoms with E-state index in [4.69, 9.17) is 16.3 Å². The number of aromatic nitrogens is 2. The molecule has 1 amide bonds. The minimum Gasteiger partial charge on any atom is -0.447 e. The van der Waals surface area contributed by atoms with Crippen LogP contribution >= 0.6 is 27.5 Å². The molecule has 0 saturated carbocycles. The fraction of sp³-hybridized carbons (Fsp3) is 0.560. The van der Waals surface area contributed by atoms with Gasteiger partial charge in [0.05, 0.1) is 16.1 Å². The lowest BCUT2D eigenvalue weighted by atomic mass is 9.87. The molecule has 36 heavy (non-hydrogen) atoms. The number of carbonyl (C=O) groups excluding carboxylic acids is 1. The molecule has 11 heteroatoms. The Kier molecular flexibility index (Phi) is 9.49. The molecule has 0 spiro atoms. The Morgan fingerprint density at radius 3 is 2.25 bits per heavy atom. The minimum atomic E-state index is -4.51. The van der Waals surface area contributed by atoms with Crippen LogP contribution in [-0.2, 0) is 17.5 Å². The van der Waals surface area contributed by atoms with Gasteiger partial charge in [-0.25, -0.2) is 14.8 Å². The maximum atomic E-state index is 13.5. The molecule has 2 heterocycles. The van der Waals surface area contributed by atoms with Crippen molar-refractivity contribution in [3.8, 4) is 0 Å². The molecular weight excluding hydrogens is 561 g/mol. The molecule has 1 fully saturated rings. The average Bonchev–Trinajstić information content (AvgIpc) is 2.81. The van der Waals surface area contributed by atoms with E-state index in [1.165, 1.54) is 6.07 Å². The summed E-state index contributed by atoms with van der Waals surface area (Å²) >= 11 is 9.40. The lowest BCUT2D eigenvalue weighted by Gasteiger charge is -2.47. The molecule has 1 saturated heterocycles. The van der Waals surface area contributed by atoms with Gasteiger partial charge in [0.25, 0.3) is 0 Å². The van der Waals surface area contributed by atoms with Crippen molar-refractivity contribution in [2.45, 2.75) is 90.3 Å². The Labute approximate surface area is 223 Å². The first kappa shape index (κ1) is 28.5. The number of rotatable bonds is 7. The molecule has 1 aliphatic heterocycles. The van der Waals surface area contributed by atoms with E-state index in [1.807, 2.05) is 37.5 Å². The van der Waals surface area contributed by atoms with Crippen LogP contribution in [0, 0.1) is 0 Å². The lowest BCUT2D eigenvalue weighted by Crippen LogP contribution is -2.57. The van der Waals surface area contributed by atoms with E-state index in [-0.39, 0.29) is 41.9 Å². The first-order valence-corrected chi connectivity index (χ1v) is 13.2. The zero-order chi connectivity index (χ0) is 26.6. The molecule has 2 atom stereocenters. The quantitative estimate of drug-likeness (QED) is 0.334. The number of anilines is 1. The van der Waals surface area contributed by atoms with Crippen molar-refractivity contribution in [2.75, 3.05) is 4.90 Å². The third kappa shape index (κ3) is 7.03. The molecule has 1 aliphatic rings. The Balaban J connectivity index is 1.98. The van der Waals surface area contributed by atoms with Crippen LogP contribution in [0.2, 0.25) is 5.02 Å². The fourth-order valence-electron chi connectivity index (χ4n) is 4.71. The van der Waals surface area contributed by atoms with E-state index in [1.54, 1.807) is 12.4 Å². The summed E-state index contributed by atoms with van der Waals surface area (Å²) in [5.74, 6) is 0.402. The zero-order valence-corrected chi connectivity index (χ0v) is 23.1. The van der Waals surface area contributed by atoms with E-state index < -0.39 is 11.7 Å². The predicted octanol–water partition coefficient (Wildman–Crippen LogP) is 7.48. The molecule has 1 aromatic heterocycles. The third-order valence-electron chi connectivity index (χ3n) is 6.31. The summed E-state index contributed by atoms with van der Waals surface area (Å²) in [6.07, 6.45) is 0.771. The van der Waals surface area contributed by atoms with Gasteiger partial charge in [-0.1, -0.05) is 25.4 Å². The van der Waals surface area contributed by atoms with Crippen LogP contribution in [-0.4, -0.2) is 45.2 Å². The van der Waals surface area contributed by atoms with Gasteiger partial charge in [0, 0.05) is 42.1 Å². The van der Waals surface area contributed by atoms with Crippen LogP contribution < -0.4 is 4.90 Å². The van der Waals surface area contributed by atoms with E-state index in [2.05, 4.69) is 25.9 Å².